The molecule has 1 aromatic carbocycles. The van der Waals surface area contributed by atoms with Gasteiger partial charge in [-0.2, -0.15) is 0 Å². The lowest BCUT2D eigenvalue weighted by atomic mass is 10.0. The van der Waals surface area contributed by atoms with Crippen LogP contribution >= 0.6 is 0 Å². The molecule has 0 aromatic heterocycles. The molecule has 1 saturated carbocycles. The van der Waals surface area contributed by atoms with Gasteiger partial charge in [-0.3, -0.25) is 4.79 Å². The molecule has 0 atom stereocenters. The zero-order chi connectivity index (χ0) is 13.9. The fourth-order valence-electron chi connectivity index (χ4n) is 1.83. The fourth-order valence-corrected chi connectivity index (χ4v) is 1.83. The largest absolute Gasteiger partial charge is 0.395 e. The standard InChI is InChI=1S/C16H19NO2/c1-12-6-7-14(13(11-12)5-3-4-10-18)15(19)17-16(2)8-9-16/h6-7,11,18H,4,8-10H2,1-2H3,(H,17,19). The van der Waals surface area contributed by atoms with Crippen molar-refractivity contribution < 1.29 is 9.90 Å². The number of aliphatic hydroxyl groups is 1. The first-order valence-corrected chi connectivity index (χ1v) is 6.57. The molecule has 3 heteroatoms. The molecule has 1 aliphatic rings. The second kappa shape index (κ2) is 5.46. The summed E-state index contributed by atoms with van der Waals surface area (Å²) in [5.74, 6) is 5.78. The lowest BCUT2D eigenvalue weighted by molar-refractivity contribution is 0.0935. The van der Waals surface area contributed by atoms with Crippen LogP contribution in [0.2, 0.25) is 0 Å². The number of carbonyl (C=O) groups excluding carboxylic acids is 1. The van der Waals surface area contributed by atoms with E-state index in [1.165, 1.54) is 0 Å². The quantitative estimate of drug-likeness (QED) is 0.814. The lowest BCUT2D eigenvalue weighted by Crippen LogP contribution is -2.34. The molecule has 19 heavy (non-hydrogen) atoms. The first-order valence-electron chi connectivity index (χ1n) is 6.57. The van der Waals surface area contributed by atoms with E-state index in [-0.39, 0.29) is 18.1 Å². The Morgan fingerprint density at radius 3 is 2.84 bits per heavy atom. The van der Waals surface area contributed by atoms with Crippen molar-refractivity contribution in [3.8, 4) is 11.8 Å². The average Bonchev–Trinajstić information content (AvgIpc) is 3.07. The third-order valence-electron chi connectivity index (χ3n) is 3.29. The van der Waals surface area contributed by atoms with Gasteiger partial charge in [-0.05, 0) is 44.4 Å². The third kappa shape index (κ3) is 3.59. The molecule has 100 valence electrons. The Morgan fingerprint density at radius 1 is 1.47 bits per heavy atom. The van der Waals surface area contributed by atoms with Crippen molar-refractivity contribution in [2.45, 2.75) is 38.6 Å². The SMILES string of the molecule is Cc1ccc(C(=O)NC2(C)CC2)c(C#CCCO)c1. The number of aliphatic hydroxyl groups excluding tert-OH is 1. The molecule has 2 rings (SSSR count). The number of aryl methyl sites for hydroxylation is 1. The van der Waals surface area contributed by atoms with Gasteiger partial charge in [-0.25, -0.2) is 0 Å². The highest BCUT2D eigenvalue weighted by molar-refractivity contribution is 5.97. The Morgan fingerprint density at radius 2 is 2.21 bits per heavy atom. The summed E-state index contributed by atoms with van der Waals surface area (Å²) in [6.45, 7) is 4.07. The van der Waals surface area contributed by atoms with Crippen molar-refractivity contribution in [2.75, 3.05) is 6.61 Å². The van der Waals surface area contributed by atoms with E-state index in [2.05, 4.69) is 24.1 Å². The van der Waals surface area contributed by atoms with Crippen molar-refractivity contribution in [2.24, 2.45) is 0 Å². The van der Waals surface area contributed by atoms with Gasteiger partial charge in [0.15, 0.2) is 0 Å². The van der Waals surface area contributed by atoms with Crippen LogP contribution < -0.4 is 5.32 Å². The molecule has 0 bridgehead atoms. The van der Waals surface area contributed by atoms with Gasteiger partial charge in [-0.15, -0.1) is 0 Å². The molecule has 2 N–H and O–H groups in total. The molecule has 1 fully saturated rings. The molecular formula is C16H19NO2. The van der Waals surface area contributed by atoms with Gasteiger partial charge in [-0.1, -0.05) is 17.9 Å². The van der Waals surface area contributed by atoms with Crippen LogP contribution in [0.5, 0.6) is 0 Å². The van der Waals surface area contributed by atoms with E-state index < -0.39 is 0 Å². The van der Waals surface area contributed by atoms with E-state index in [0.29, 0.717) is 12.0 Å². The highest BCUT2D eigenvalue weighted by Crippen LogP contribution is 2.34. The van der Waals surface area contributed by atoms with Gasteiger partial charge in [0.2, 0.25) is 0 Å². The Balaban J connectivity index is 2.23. The Bertz CT molecular complexity index is 548. The molecule has 0 heterocycles. The number of benzene rings is 1. The first-order chi connectivity index (χ1) is 9.04. The highest BCUT2D eigenvalue weighted by Gasteiger charge is 2.39. The van der Waals surface area contributed by atoms with Crippen LogP contribution in [-0.2, 0) is 0 Å². The van der Waals surface area contributed by atoms with Crippen molar-refractivity contribution in [1.82, 2.24) is 5.32 Å². The van der Waals surface area contributed by atoms with Crippen LogP contribution in [0.25, 0.3) is 0 Å². The first kappa shape index (κ1) is 13.6. The summed E-state index contributed by atoms with van der Waals surface area (Å²) < 4.78 is 0. The van der Waals surface area contributed by atoms with Gasteiger partial charge < -0.3 is 10.4 Å². The second-order valence-corrected chi connectivity index (χ2v) is 5.34. The van der Waals surface area contributed by atoms with Gasteiger partial charge in [0.1, 0.15) is 0 Å². The predicted octanol–water partition coefficient (Wildman–Crippen LogP) is 2.01. The number of hydrogen-bond acceptors (Lipinski definition) is 2. The second-order valence-electron chi connectivity index (χ2n) is 5.34. The number of nitrogens with one attached hydrogen (secondary N) is 1. The molecule has 0 radical (unpaired) electrons. The predicted molar refractivity (Wildman–Crippen MR) is 74.9 cm³/mol. The van der Waals surface area contributed by atoms with E-state index in [0.717, 1.165) is 24.0 Å². The summed E-state index contributed by atoms with van der Waals surface area (Å²) in [6, 6.07) is 5.65. The molecule has 0 saturated heterocycles. The number of hydrogen-bond donors (Lipinski definition) is 2. The van der Waals surface area contributed by atoms with Crippen LogP contribution in [0.4, 0.5) is 0 Å². The summed E-state index contributed by atoms with van der Waals surface area (Å²) in [4.78, 5) is 12.2. The van der Waals surface area contributed by atoms with Gasteiger partial charge in [0.25, 0.3) is 5.91 Å². The Hall–Kier alpha value is -1.79. The van der Waals surface area contributed by atoms with E-state index in [9.17, 15) is 4.79 Å². The minimum Gasteiger partial charge on any atom is -0.395 e. The average molecular weight is 257 g/mol. The number of amides is 1. The van der Waals surface area contributed by atoms with E-state index in [1.807, 2.05) is 25.1 Å². The van der Waals surface area contributed by atoms with Crippen molar-refractivity contribution in [3.63, 3.8) is 0 Å². The molecule has 1 aromatic rings. The van der Waals surface area contributed by atoms with Crippen LogP contribution in [0, 0.1) is 18.8 Å². The summed E-state index contributed by atoms with van der Waals surface area (Å²) in [6.07, 6.45) is 2.50. The molecule has 0 unspecified atom stereocenters. The van der Waals surface area contributed by atoms with E-state index in [1.54, 1.807) is 0 Å². The van der Waals surface area contributed by atoms with E-state index >= 15 is 0 Å². The number of carbonyl (C=O) groups is 1. The van der Waals surface area contributed by atoms with Crippen molar-refractivity contribution in [1.29, 1.82) is 0 Å². The summed E-state index contributed by atoms with van der Waals surface area (Å²) in [7, 11) is 0. The lowest BCUT2D eigenvalue weighted by Gasteiger charge is -2.12. The van der Waals surface area contributed by atoms with Gasteiger partial charge in [0, 0.05) is 17.5 Å². The van der Waals surface area contributed by atoms with Crippen LogP contribution in [0.1, 0.15) is 47.7 Å². The third-order valence-corrected chi connectivity index (χ3v) is 3.29. The molecule has 1 aliphatic carbocycles. The molecule has 0 aliphatic heterocycles. The summed E-state index contributed by atoms with van der Waals surface area (Å²) >= 11 is 0. The summed E-state index contributed by atoms with van der Waals surface area (Å²) in [5.41, 5.74) is 2.39. The zero-order valence-corrected chi connectivity index (χ0v) is 11.4. The van der Waals surface area contributed by atoms with Crippen LogP contribution in [-0.4, -0.2) is 23.2 Å². The monoisotopic (exact) mass is 257 g/mol. The topological polar surface area (TPSA) is 49.3 Å². The normalized spacial score (nSPS) is 15.3. The molecule has 3 nitrogen and oxygen atoms in total. The molecular weight excluding hydrogens is 238 g/mol. The zero-order valence-electron chi connectivity index (χ0n) is 11.4. The molecule has 1 amide bonds. The molecule has 0 spiro atoms. The van der Waals surface area contributed by atoms with Crippen LogP contribution in [0.3, 0.4) is 0 Å². The number of rotatable bonds is 3. The van der Waals surface area contributed by atoms with Gasteiger partial charge in [0.05, 0.1) is 12.2 Å². The fraction of sp³-hybridized carbons (Fsp3) is 0.438. The smallest absolute Gasteiger partial charge is 0.252 e. The maximum atomic E-state index is 12.2. The minimum atomic E-state index is -0.0618. The van der Waals surface area contributed by atoms with Crippen molar-refractivity contribution >= 4 is 5.91 Å². The Kier molecular flexibility index (Phi) is 3.92. The minimum absolute atomic E-state index is 0.0300. The van der Waals surface area contributed by atoms with Gasteiger partial charge >= 0.3 is 0 Å². The maximum Gasteiger partial charge on any atom is 0.252 e. The van der Waals surface area contributed by atoms with Crippen molar-refractivity contribution in [3.05, 3.63) is 34.9 Å². The summed E-state index contributed by atoms with van der Waals surface area (Å²) in [5, 5.41) is 11.8. The van der Waals surface area contributed by atoms with E-state index in [4.69, 9.17) is 5.11 Å². The highest BCUT2D eigenvalue weighted by atomic mass is 16.2. The Labute approximate surface area is 114 Å². The maximum absolute atomic E-state index is 12.2. The van der Waals surface area contributed by atoms with Crippen LogP contribution in [0.15, 0.2) is 18.2 Å².